The van der Waals surface area contributed by atoms with E-state index in [2.05, 4.69) is 22.1 Å². The Labute approximate surface area is 158 Å². The molecule has 1 aromatic carbocycles. The molecular formula is C19H21FN2O3S. The molecule has 1 aromatic heterocycles. The number of carbonyl (C=O) groups is 1. The van der Waals surface area contributed by atoms with Crippen LogP contribution in [0.25, 0.3) is 0 Å². The maximum atomic E-state index is 14.1. The van der Waals surface area contributed by atoms with E-state index in [0.717, 1.165) is 4.88 Å². The summed E-state index contributed by atoms with van der Waals surface area (Å²) in [5.74, 6) is 4.59. The van der Waals surface area contributed by atoms with Crippen LogP contribution in [0, 0.1) is 17.7 Å². The number of carbonyl (C=O) groups excluding carboxylic acids is 1. The predicted molar refractivity (Wildman–Crippen MR) is 99.1 cm³/mol. The zero-order valence-corrected chi connectivity index (χ0v) is 15.5. The van der Waals surface area contributed by atoms with Gasteiger partial charge in [-0.3, -0.25) is 0 Å². The Morgan fingerprint density at radius 3 is 3.08 bits per heavy atom. The van der Waals surface area contributed by atoms with E-state index >= 15 is 0 Å². The zero-order valence-electron chi connectivity index (χ0n) is 15.7. The minimum Gasteiger partial charge on any atom is -0.491 e. The third-order valence-electron chi connectivity index (χ3n) is 3.28. The Morgan fingerprint density at radius 1 is 1.50 bits per heavy atom. The molecule has 0 saturated carbocycles. The molecule has 1 unspecified atom stereocenters. The molecule has 0 bridgehead atoms. The minimum absolute atomic E-state index is 0.145. The predicted octanol–water partition coefficient (Wildman–Crippen LogP) is 3.04. The molecule has 7 heteroatoms. The summed E-state index contributed by atoms with van der Waals surface area (Å²) < 4.78 is 32.0. The number of rotatable bonds is 8. The number of halogens is 1. The fourth-order valence-electron chi connectivity index (χ4n) is 2.12. The summed E-state index contributed by atoms with van der Waals surface area (Å²) in [6.07, 6.45) is 1.21. The second-order valence-corrected chi connectivity index (χ2v) is 6.08. The Bertz CT molecular complexity index is 832. The lowest BCUT2D eigenvalue weighted by molar-refractivity contribution is 0.0519. The van der Waals surface area contributed by atoms with Crippen molar-refractivity contribution in [2.75, 3.05) is 26.8 Å². The van der Waals surface area contributed by atoms with Crippen molar-refractivity contribution in [3.05, 3.63) is 45.7 Å². The Balaban J connectivity index is 1.86. The van der Waals surface area contributed by atoms with Gasteiger partial charge in [0.1, 0.15) is 0 Å². The molecule has 2 rings (SSSR count). The summed E-state index contributed by atoms with van der Waals surface area (Å²) in [5.41, 5.74) is 2.43. The van der Waals surface area contributed by atoms with Gasteiger partial charge in [-0.2, -0.15) is 0 Å². The molecule has 1 atom stereocenters. The van der Waals surface area contributed by atoms with E-state index in [1.54, 1.807) is 25.5 Å². The molecule has 0 spiro atoms. The van der Waals surface area contributed by atoms with Crippen LogP contribution in [0.5, 0.6) is 5.75 Å². The summed E-state index contributed by atoms with van der Waals surface area (Å²) in [6.45, 7) is 1.64. The lowest BCUT2D eigenvalue weighted by atomic mass is 10.2. The molecule has 5 nitrogen and oxygen atoms in total. The highest BCUT2D eigenvalue weighted by Gasteiger charge is 2.15. The molecule has 1 N–H and O–H groups in total. The van der Waals surface area contributed by atoms with Gasteiger partial charge >= 0.3 is 5.97 Å². The normalized spacial score (nSPS) is 11.9. The number of nitrogens with one attached hydrogen (secondary N) is 1. The molecule has 26 heavy (non-hydrogen) atoms. The van der Waals surface area contributed by atoms with Gasteiger partial charge in [0, 0.05) is 10.4 Å². The summed E-state index contributed by atoms with van der Waals surface area (Å²) in [7, 11) is 1.63. The van der Waals surface area contributed by atoms with Gasteiger partial charge in [0.15, 0.2) is 17.3 Å². The number of nitrogens with zero attached hydrogens (tertiary/aromatic N) is 1. The van der Waals surface area contributed by atoms with Gasteiger partial charge in [-0.1, -0.05) is 11.8 Å². The monoisotopic (exact) mass is 377 g/mol. The lowest BCUT2D eigenvalue weighted by Crippen LogP contribution is -2.08. The molecule has 138 valence electrons. The molecule has 0 saturated heterocycles. The number of benzene rings is 1. The minimum atomic E-state index is -0.713. The van der Waals surface area contributed by atoms with Crippen LogP contribution >= 0.6 is 11.3 Å². The Hall–Kier alpha value is -2.43. The average Bonchev–Trinajstić information content (AvgIpc) is 3.13. The smallest absolute Gasteiger partial charge is 0.358 e. The third kappa shape index (κ3) is 5.83. The first-order chi connectivity index (χ1) is 13.0. The van der Waals surface area contributed by atoms with Gasteiger partial charge in [0.05, 0.1) is 26.6 Å². The fraction of sp³-hybridized carbons (Fsp3) is 0.368. The van der Waals surface area contributed by atoms with Crippen molar-refractivity contribution in [2.45, 2.75) is 19.8 Å². The highest BCUT2D eigenvalue weighted by Crippen LogP contribution is 2.20. The van der Waals surface area contributed by atoms with Crippen LogP contribution in [-0.2, 0) is 11.2 Å². The Morgan fingerprint density at radius 2 is 2.35 bits per heavy atom. The molecule has 0 aliphatic rings. The van der Waals surface area contributed by atoms with Crippen LogP contribution in [0.2, 0.25) is 0 Å². The van der Waals surface area contributed by atoms with E-state index in [0.29, 0.717) is 37.3 Å². The number of aromatic nitrogens is 1. The van der Waals surface area contributed by atoms with Crippen molar-refractivity contribution in [1.82, 2.24) is 10.3 Å². The van der Waals surface area contributed by atoms with Crippen molar-refractivity contribution in [3.8, 4) is 17.6 Å². The highest BCUT2D eigenvalue weighted by atomic mass is 32.1. The van der Waals surface area contributed by atoms with E-state index in [4.69, 9.17) is 10.8 Å². The van der Waals surface area contributed by atoms with Crippen LogP contribution in [0.1, 0.15) is 35.6 Å². The summed E-state index contributed by atoms with van der Waals surface area (Å²) in [4.78, 5) is 16.7. The van der Waals surface area contributed by atoms with Crippen LogP contribution in [-0.4, -0.2) is 37.7 Å². The van der Waals surface area contributed by atoms with Gasteiger partial charge in [-0.15, -0.1) is 11.3 Å². The lowest BCUT2D eigenvalue weighted by Gasteiger charge is -2.07. The second kappa shape index (κ2) is 10.5. The molecule has 0 radical (unpaired) electrons. The zero-order chi connectivity index (χ0) is 19.6. The highest BCUT2D eigenvalue weighted by molar-refractivity contribution is 7.09. The first kappa shape index (κ1) is 18.4. The van der Waals surface area contributed by atoms with Crippen molar-refractivity contribution in [1.29, 1.82) is 0 Å². The maximum absolute atomic E-state index is 14.1. The van der Waals surface area contributed by atoms with E-state index in [1.165, 1.54) is 23.5 Å². The number of hydrogen-bond acceptors (Lipinski definition) is 6. The van der Waals surface area contributed by atoms with Crippen molar-refractivity contribution in [3.63, 3.8) is 0 Å². The number of aryl methyl sites for hydroxylation is 1. The topological polar surface area (TPSA) is 60.5 Å². The van der Waals surface area contributed by atoms with Crippen LogP contribution in [0.4, 0.5) is 4.39 Å². The molecule has 0 amide bonds. The Kier molecular flexibility index (Phi) is 7.44. The van der Waals surface area contributed by atoms with E-state index in [-0.39, 0.29) is 5.75 Å². The summed E-state index contributed by atoms with van der Waals surface area (Å²) >= 11 is 1.39. The fourth-order valence-corrected chi connectivity index (χ4v) is 2.91. The first-order valence-electron chi connectivity index (χ1n) is 8.75. The van der Waals surface area contributed by atoms with Gasteiger partial charge in [0.25, 0.3) is 0 Å². The second-order valence-electron chi connectivity index (χ2n) is 5.14. The summed E-state index contributed by atoms with van der Waals surface area (Å²) in [6, 6.07) is 4.46. The van der Waals surface area contributed by atoms with Crippen LogP contribution in [0.15, 0.2) is 23.7 Å². The average molecular weight is 377 g/mol. The molecular weight excluding hydrogens is 355 g/mol. The van der Waals surface area contributed by atoms with Crippen molar-refractivity contribution >= 4 is 17.3 Å². The molecule has 0 aliphatic carbocycles. The quantitative estimate of drug-likeness (QED) is 0.435. The van der Waals surface area contributed by atoms with E-state index in [9.17, 15) is 9.18 Å². The SMILES string of the molecule is [2H]C(C#Cc1ccc(OCCCc2scnc2C(=O)OCC)c(F)c1)NC. The van der Waals surface area contributed by atoms with Gasteiger partial charge in [0.2, 0.25) is 0 Å². The molecule has 1 heterocycles. The summed E-state index contributed by atoms with van der Waals surface area (Å²) in [5, 5.41) is 2.67. The molecule has 0 fully saturated rings. The first-order valence-corrected chi connectivity index (χ1v) is 9.06. The van der Waals surface area contributed by atoms with Gasteiger partial charge in [-0.25, -0.2) is 14.2 Å². The number of thiazole rings is 1. The maximum Gasteiger partial charge on any atom is 0.358 e. The molecule has 0 aliphatic heterocycles. The number of hydrogen-bond donors (Lipinski definition) is 1. The number of ether oxygens (including phenoxy) is 2. The number of esters is 1. The van der Waals surface area contributed by atoms with Gasteiger partial charge in [-0.05, 0) is 45.0 Å². The van der Waals surface area contributed by atoms with Crippen LogP contribution in [0.3, 0.4) is 0 Å². The molecule has 2 aromatic rings. The standard InChI is InChI=1S/C19H21FN2O3S/c1-3-24-19(23)18-17(26-13-22-18)7-5-11-25-16-9-8-14(12-15(16)20)6-4-10-21-2/h8-9,12-13,21H,3,5,7,10-11H2,1-2H3/i10D. The third-order valence-corrected chi connectivity index (χ3v) is 4.17. The largest absolute Gasteiger partial charge is 0.491 e. The van der Waals surface area contributed by atoms with Crippen molar-refractivity contribution in [2.24, 2.45) is 0 Å². The van der Waals surface area contributed by atoms with Crippen molar-refractivity contribution < 1.29 is 20.0 Å². The van der Waals surface area contributed by atoms with E-state index in [1.807, 2.05) is 0 Å². The van der Waals surface area contributed by atoms with Gasteiger partial charge < -0.3 is 14.8 Å². The van der Waals surface area contributed by atoms with E-state index < -0.39 is 18.3 Å². The van der Waals surface area contributed by atoms with Crippen LogP contribution < -0.4 is 10.1 Å².